The van der Waals surface area contributed by atoms with Crippen molar-refractivity contribution in [3.63, 3.8) is 0 Å². The molecule has 15 heavy (non-hydrogen) atoms. The zero-order valence-electron chi connectivity index (χ0n) is 9.32. The molecule has 0 amide bonds. The van der Waals surface area contributed by atoms with Crippen LogP contribution in [0.1, 0.15) is 32.6 Å². The smallest absolute Gasteiger partial charge is 0.203 e. The Morgan fingerprint density at radius 1 is 1.53 bits per heavy atom. The summed E-state index contributed by atoms with van der Waals surface area (Å²) in [6.45, 7) is 3.07. The van der Waals surface area contributed by atoms with Crippen molar-refractivity contribution in [1.29, 1.82) is 0 Å². The Hall–Kier alpha value is -1.03. The van der Waals surface area contributed by atoms with Crippen LogP contribution in [0.4, 0.5) is 5.95 Å². The van der Waals surface area contributed by atoms with Gasteiger partial charge in [0.15, 0.2) is 0 Å². The summed E-state index contributed by atoms with van der Waals surface area (Å²) in [5, 5.41) is 3.46. The largest absolute Gasteiger partial charge is 0.351 e. The average Bonchev–Trinajstić information content (AvgIpc) is 2.69. The summed E-state index contributed by atoms with van der Waals surface area (Å²) in [5.74, 6) is 0.958. The monoisotopic (exact) mass is 208 g/mol. The number of imidazole rings is 1. The number of nitrogens with two attached hydrogens (primary N) is 1. The quantitative estimate of drug-likeness (QED) is 0.793. The van der Waals surface area contributed by atoms with Crippen molar-refractivity contribution < 1.29 is 0 Å². The number of nitrogens with zero attached hydrogens (tertiary/aromatic N) is 2. The predicted molar refractivity (Wildman–Crippen MR) is 61.8 cm³/mol. The standard InChI is InChI=1S/C11H20N4/c1-2-15-8-7-13-11(15)14-10-6-4-3-5-9(10)12/h7-10H,2-6,12H2,1H3,(H,13,14). The molecule has 0 aromatic carbocycles. The second-order valence-corrected chi connectivity index (χ2v) is 4.24. The van der Waals surface area contributed by atoms with E-state index >= 15 is 0 Å². The second kappa shape index (κ2) is 4.66. The van der Waals surface area contributed by atoms with Gasteiger partial charge in [-0.05, 0) is 19.8 Å². The van der Waals surface area contributed by atoms with E-state index in [1.807, 2.05) is 12.4 Å². The number of aromatic nitrogens is 2. The Kier molecular flexibility index (Phi) is 3.26. The van der Waals surface area contributed by atoms with Gasteiger partial charge in [0.25, 0.3) is 0 Å². The van der Waals surface area contributed by atoms with Crippen LogP contribution in [0.3, 0.4) is 0 Å². The first kappa shape index (κ1) is 10.5. The molecule has 1 aromatic heterocycles. The van der Waals surface area contributed by atoms with Gasteiger partial charge in [-0.2, -0.15) is 0 Å². The molecule has 84 valence electrons. The third-order valence-electron chi connectivity index (χ3n) is 3.19. The number of nitrogens with one attached hydrogen (secondary N) is 1. The molecule has 0 radical (unpaired) electrons. The van der Waals surface area contributed by atoms with E-state index in [9.17, 15) is 0 Å². The summed E-state index contributed by atoms with van der Waals surface area (Å²) < 4.78 is 2.11. The number of aryl methyl sites for hydroxylation is 1. The third-order valence-corrected chi connectivity index (χ3v) is 3.19. The SMILES string of the molecule is CCn1ccnc1NC1CCCCC1N. The number of anilines is 1. The molecule has 1 aliphatic rings. The topological polar surface area (TPSA) is 55.9 Å². The summed E-state index contributed by atoms with van der Waals surface area (Å²) in [6.07, 6.45) is 8.67. The van der Waals surface area contributed by atoms with E-state index in [0.29, 0.717) is 6.04 Å². The molecule has 1 aromatic rings. The van der Waals surface area contributed by atoms with Gasteiger partial charge >= 0.3 is 0 Å². The third kappa shape index (κ3) is 2.31. The van der Waals surface area contributed by atoms with Crippen molar-refractivity contribution in [2.75, 3.05) is 5.32 Å². The van der Waals surface area contributed by atoms with Crippen LogP contribution < -0.4 is 11.1 Å². The highest BCUT2D eigenvalue weighted by atomic mass is 15.2. The van der Waals surface area contributed by atoms with Crippen molar-refractivity contribution in [2.45, 2.75) is 51.2 Å². The number of hydrogen-bond donors (Lipinski definition) is 2. The van der Waals surface area contributed by atoms with Gasteiger partial charge in [-0.1, -0.05) is 12.8 Å². The van der Waals surface area contributed by atoms with Gasteiger partial charge < -0.3 is 15.6 Å². The van der Waals surface area contributed by atoms with Crippen LogP contribution in [0.2, 0.25) is 0 Å². The Labute approximate surface area is 90.9 Å². The van der Waals surface area contributed by atoms with E-state index < -0.39 is 0 Å². The van der Waals surface area contributed by atoms with Gasteiger partial charge in [0.2, 0.25) is 5.95 Å². The molecule has 1 aliphatic carbocycles. The van der Waals surface area contributed by atoms with Gasteiger partial charge in [0.05, 0.1) is 0 Å². The highest BCUT2D eigenvalue weighted by Gasteiger charge is 2.22. The average molecular weight is 208 g/mol. The highest BCUT2D eigenvalue weighted by molar-refractivity contribution is 5.28. The van der Waals surface area contributed by atoms with E-state index in [1.165, 1.54) is 12.8 Å². The van der Waals surface area contributed by atoms with Crippen molar-refractivity contribution in [3.8, 4) is 0 Å². The van der Waals surface area contributed by atoms with Gasteiger partial charge in [0, 0.05) is 31.0 Å². The zero-order valence-corrected chi connectivity index (χ0v) is 9.32. The Balaban J connectivity index is 2.01. The Morgan fingerprint density at radius 2 is 2.33 bits per heavy atom. The molecule has 1 saturated carbocycles. The van der Waals surface area contributed by atoms with Gasteiger partial charge in [0.1, 0.15) is 0 Å². The van der Waals surface area contributed by atoms with Crippen molar-refractivity contribution in [3.05, 3.63) is 12.4 Å². The normalized spacial score (nSPS) is 26.5. The van der Waals surface area contributed by atoms with Crippen LogP contribution in [0.15, 0.2) is 12.4 Å². The lowest BCUT2D eigenvalue weighted by atomic mass is 9.91. The molecule has 0 spiro atoms. The van der Waals surface area contributed by atoms with Crippen LogP contribution >= 0.6 is 0 Å². The molecule has 4 heteroatoms. The molecule has 1 fully saturated rings. The van der Waals surface area contributed by atoms with Gasteiger partial charge in [-0.15, -0.1) is 0 Å². The molecule has 0 saturated heterocycles. The van der Waals surface area contributed by atoms with E-state index in [2.05, 4.69) is 21.8 Å². The summed E-state index contributed by atoms with van der Waals surface area (Å²) in [5.41, 5.74) is 6.09. The molecular formula is C11H20N4. The van der Waals surface area contributed by atoms with E-state index in [4.69, 9.17) is 5.73 Å². The molecule has 0 aliphatic heterocycles. The van der Waals surface area contributed by atoms with Crippen LogP contribution in [0.5, 0.6) is 0 Å². The minimum Gasteiger partial charge on any atom is -0.351 e. The molecule has 4 nitrogen and oxygen atoms in total. The van der Waals surface area contributed by atoms with Gasteiger partial charge in [-0.3, -0.25) is 0 Å². The summed E-state index contributed by atoms with van der Waals surface area (Å²) in [4.78, 5) is 4.31. The van der Waals surface area contributed by atoms with Crippen molar-refractivity contribution in [1.82, 2.24) is 9.55 Å². The molecule has 3 N–H and O–H groups in total. The molecule has 2 atom stereocenters. The van der Waals surface area contributed by atoms with Crippen LogP contribution in [0.25, 0.3) is 0 Å². The molecule has 2 unspecified atom stereocenters. The first-order chi connectivity index (χ1) is 7.31. The first-order valence-electron chi connectivity index (χ1n) is 5.84. The van der Waals surface area contributed by atoms with Crippen LogP contribution in [0, 0.1) is 0 Å². The zero-order chi connectivity index (χ0) is 10.7. The maximum atomic E-state index is 6.09. The lowest BCUT2D eigenvalue weighted by Gasteiger charge is -2.29. The fourth-order valence-corrected chi connectivity index (χ4v) is 2.21. The van der Waals surface area contributed by atoms with Crippen molar-refractivity contribution in [2.24, 2.45) is 5.73 Å². The Morgan fingerprint density at radius 3 is 3.07 bits per heavy atom. The maximum absolute atomic E-state index is 6.09. The summed E-state index contributed by atoms with van der Waals surface area (Å²) in [6, 6.07) is 0.673. The molecule has 1 heterocycles. The highest BCUT2D eigenvalue weighted by Crippen LogP contribution is 2.20. The first-order valence-corrected chi connectivity index (χ1v) is 5.84. The molecule has 2 rings (SSSR count). The summed E-state index contributed by atoms with van der Waals surface area (Å²) in [7, 11) is 0. The number of hydrogen-bond acceptors (Lipinski definition) is 3. The van der Waals surface area contributed by atoms with Crippen molar-refractivity contribution >= 4 is 5.95 Å². The Bertz CT molecular complexity index is 307. The fourth-order valence-electron chi connectivity index (χ4n) is 2.21. The second-order valence-electron chi connectivity index (χ2n) is 4.24. The van der Waals surface area contributed by atoms with Gasteiger partial charge in [-0.25, -0.2) is 4.98 Å². The van der Waals surface area contributed by atoms with Crippen LogP contribution in [-0.4, -0.2) is 21.6 Å². The van der Waals surface area contributed by atoms with Crippen LogP contribution in [-0.2, 0) is 6.54 Å². The maximum Gasteiger partial charge on any atom is 0.203 e. The number of rotatable bonds is 3. The lowest BCUT2D eigenvalue weighted by molar-refractivity contribution is 0.401. The van der Waals surface area contributed by atoms with E-state index in [-0.39, 0.29) is 6.04 Å². The summed E-state index contributed by atoms with van der Waals surface area (Å²) >= 11 is 0. The van der Waals surface area contributed by atoms with E-state index in [0.717, 1.165) is 25.3 Å². The predicted octanol–water partition coefficient (Wildman–Crippen LogP) is 1.58. The lowest BCUT2D eigenvalue weighted by Crippen LogP contribution is -2.43. The van der Waals surface area contributed by atoms with E-state index in [1.54, 1.807) is 0 Å². The fraction of sp³-hybridized carbons (Fsp3) is 0.727. The minimum absolute atomic E-state index is 0.278. The molecule has 0 bridgehead atoms. The molecular weight excluding hydrogens is 188 g/mol. The minimum atomic E-state index is 0.278.